The van der Waals surface area contributed by atoms with E-state index in [0.717, 1.165) is 47.1 Å². The van der Waals surface area contributed by atoms with E-state index in [4.69, 9.17) is 4.74 Å². The molecule has 5 rings (SSSR count). The number of allylic oxidation sites excluding steroid dienone is 2. The number of nitriles is 1. The van der Waals surface area contributed by atoms with Gasteiger partial charge in [-0.15, -0.1) is 0 Å². The van der Waals surface area contributed by atoms with Gasteiger partial charge in [0.2, 0.25) is 0 Å². The molecule has 0 spiro atoms. The molecule has 0 radical (unpaired) electrons. The Morgan fingerprint density at radius 2 is 1.44 bits per heavy atom. The minimum atomic E-state index is -0.179. The van der Waals surface area contributed by atoms with Gasteiger partial charge >= 0.3 is 0 Å². The SMILES string of the molecule is CC1=CC(Cc2ccc(CC3C[C@@H](C)O[C@@H](C)C3)cc2)C(=O)c2cccc(-c3ccccc3C#N)c21. The van der Waals surface area contributed by atoms with E-state index < -0.39 is 0 Å². The van der Waals surface area contributed by atoms with Crippen molar-refractivity contribution in [1.82, 2.24) is 0 Å². The number of rotatable bonds is 5. The third-order valence-corrected chi connectivity index (χ3v) is 7.65. The number of hydrogen-bond donors (Lipinski definition) is 0. The molecule has 3 aromatic carbocycles. The second-order valence-corrected chi connectivity index (χ2v) is 10.5. The molecule has 0 N–H and O–H groups in total. The average molecular weight is 476 g/mol. The summed E-state index contributed by atoms with van der Waals surface area (Å²) < 4.78 is 5.89. The highest BCUT2D eigenvalue weighted by atomic mass is 16.5. The highest BCUT2D eigenvalue weighted by Crippen LogP contribution is 2.38. The van der Waals surface area contributed by atoms with Crippen molar-refractivity contribution in [2.24, 2.45) is 11.8 Å². The Hall–Kier alpha value is -3.48. The number of benzene rings is 3. The molecule has 1 aliphatic heterocycles. The molecule has 0 aromatic heterocycles. The van der Waals surface area contributed by atoms with Crippen molar-refractivity contribution in [2.45, 2.75) is 58.7 Å². The van der Waals surface area contributed by atoms with Crippen LogP contribution in [0.4, 0.5) is 0 Å². The highest BCUT2D eigenvalue weighted by molar-refractivity contribution is 6.09. The zero-order valence-corrected chi connectivity index (χ0v) is 21.3. The van der Waals surface area contributed by atoms with E-state index in [-0.39, 0.29) is 11.7 Å². The molecule has 182 valence electrons. The number of ether oxygens (including phenoxy) is 1. The molecule has 0 saturated carbocycles. The normalized spacial score (nSPS) is 23.5. The second-order valence-electron chi connectivity index (χ2n) is 10.5. The number of fused-ring (bicyclic) bond motifs is 1. The lowest BCUT2D eigenvalue weighted by molar-refractivity contribution is -0.0518. The van der Waals surface area contributed by atoms with Crippen molar-refractivity contribution in [1.29, 1.82) is 5.26 Å². The van der Waals surface area contributed by atoms with Gasteiger partial charge < -0.3 is 4.74 Å². The monoisotopic (exact) mass is 475 g/mol. The summed E-state index contributed by atoms with van der Waals surface area (Å²) in [5.41, 5.74) is 7.80. The molecular formula is C33H33NO2. The van der Waals surface area contributed by atoms with Crippen LogP contribution in [0.15, 0.2) is 72.8 Å². The molecule has 1 aliphatic carbocycles. The van der Waals surface area contributed by atoms with E-state index in [1.807, 2.05) is 42.5 Å². The third kappa shape index (κ3) is 4.92. The Labute approximate surface area is 214 Å². The van der Waals surface area contributed by atoms with E-state index in [2.05, 4.69) is 57.2 Å². The maximum absolute atomic E-state index is 13.6. The molecule has 3 nitrogen and oxygen atoms in total. The number of nitrogens with zero attached hydrogens (tertiary/aromatic N) is 1. The van der Waals surface area contributed by atoms with Gasteiger partial charge in [0.1, 0.15) is 0 Å². The Morgan fingerprint density at radius 1 is 0.833 bits per heavy atom. The smallest absolute Gasteiger partial charge is 0.170 e. The van der Waals surface area contributed by atoms with Crippen molar-refractivity contribution < 1.29 is 9.53 Å². The van der Waals surface area contributed by atoms with Crippen LogP contribution in [0, 0.1) is 23.2 Å². The molecule has 0 bridgehead atoms. The number of hydrogen-bond acceptors (Lipinski definition) is 3. The van der Waals surface area contributed by atoms with Gasteiger partial charge in [-0.3, -0.25) is 4.79 Å². The van der Waals surface area contributed by atoms with Crippen LogP contribution in [0.2, 0.25) is 0 Å². The summed E-state index contributed by atoms with van der Waals surface area (Å²) in [5, 5.41) is 9.61. The summed E-state index contributed by atoms with van der Waals surface area (Å²) in [5.74, 6) is 0.639. The van der Waals surface area contributed by atoms with E-state index in [1.165, 1.54) is 11.1 Å². The van der Waals surface area contributed by atoms with Crippen LogP contribution >= 0.6 is 0 Å². The maximum atomic E-state index is 13.6. The van der Waals surface area contributed by atoms with E-state index in [1.54, 1.807) is 0 Å². The van der Waals surface area contributed by atoms with Crippen LogP contribution in [-0.2, 0) is 17.6 Å². The molecule has 36 heavy (non-hydrogen) atoms. The van der Waals surface area contributed by atoms with Crippen molar-refractivity contribution in [2.75, 3.05) is 0 Å². The van der Waals surface area contributed by atoms with Crippen LogP contribution in [0.25, 0.3) is 16.7 Å². The van der Waals surface area contributed by atoms with Gasteiger partial charge in [-0.2, -0.15) is 5.26 Å². The second kappa shape index (κ2) is 10.2. The first kappa shape index (κ1) is 24.2. The summed E-state index contributed by atoms with van der Waals surface area (Å²) in [6.07, 6.45) is 6.80. The minimum Gasteiger partial charge on any atom is -0.376 e. The van der Waals surface area contributed by atoms with Crippen LogP contribution < -0.4 is 0 Å². The summed E-state index contributed by atoms with van der Waals surface area (Å²) in [4.78, 5) is 13.6. The molecule has 4 atom stereocenters. The fraction of sp³-hybridized carbons (Fsp3) is 0.333. The van der Waals surface area contributed by atoms with Crippen molar-refractivity contribution >= 4 is 11.4 Å². The number of carbonyl (C=O) groups excluding carboxylic acids is 1. The van der Waals surface area contributed by atoms with Gasteiger partial charge in [-0.05, 0) is 86.3 Å². The van der Waals surface area contributed by atoms with Crippen molar-refractivity contribution in [3.8, 4) is 17.2 Å². The van der Waals surface area contributed by atoms with Crippen LogP contribution in [0.5, 0.6) is 0 Å². The molecule has 3 heteroatoms. The molecule has 3 aromatic rings. The third-order valence-electron chi connectivity index (χ3n) is 7.65. The molecular weight excluding hydrogens is 442 g/mol. The number of ketones is 1. The standard InChI is InChI=1S/C33H33NO2/c1-21-15-28(19-25-13-11-24(12-14-25)18-26-16-22(2)36-23(3)17-26)33(35)31-10-6-9-30(32(21)31)29-8-5-4-7-27(29)20-34/h4-15,22-23,26,28H,16-19H2,1-3H3/t22-,23+,26?,28?. The van der Waals surface area contributed by atoms with Gasteiger partial charge in [0.15, 0.2) is 5.78 Å². The Balaban J connectivity index is 1.35. The first-order valence-electron chi connectivity index (χ1n) is 13.0. The average Bonchev–Trinajstić information content (AvgIpc) is 2.87. The maximum Gasteiger partial charge on any atom is 0.170 e. The molecule has 0 amide bonds. The lowest BCUT2D eigenvalue weighted by Gasteiger charge is -2.32. The molecule has 1 saturated heterocycles. The van der Waals surface area contributed by atoms with E-state index in [0.29, 0.717) is 30.1 Å². The fourth-order valence-corrected chi connectivity index (χ4v) is 6.14. The highest BCUT2D eigenvalue weighted by Gasteiger charge is 2.29. The van der Waals surface area contributed by atoms with E-state index >= 15 is 0 Å². The van der Waals surface area contributed by atoms with Crippen LogP contribution in [0.1, 0.15) is 66.2 Å². The quantitative estimate of drug-likeness (QED) is 0.385. The summed E-state index contributed by atoms with van der Waals surface area (Å²) in [6.45, 7) is 6.42. The van der Waals surface area contributed by atoms with Crippen LogP contribution in [-0.4, -0.2) is 18.0 Å². The van der Waals surface area contributed by atoms with Gasteiger partial charge in [0.05, 0.1) is 23.8 Å². The van der Waals surface area contributed by atoms with Gasteiger partial charge in [-0.1, -0.05) is 66.7 Å². The molecule has 2 unspecified atom stereocenters. The topological polar surface area (TPSA) is 50.1 Å². The Bertz CT molecular complexity index is 1330. The zero-order valence-electron chi connectivity index (χ0n) is 21.3. The minimum absolute atomic E-state index is 0.154. The predicted octanol–water partition coefficient (Wildman–Crippen LogP) is 7.43. The summed E-state index contributed by atoms with van der Waals surface area (Å²) >= 11 is 0. The molecule has 2 aliphatic rings. The zero-order chi connectivity index (χ0) is 25.2. The lowest BCUT2D eigenvalue weighted by Crippen LogP contribution is -2.30. The summed E-state index contributed by atoms with van der Waals surface area (Å²) in [7, 11) is 0. The lowest BCUT2D eigenvalue weighted by atomic mass is 9.78. The van der Waals surface area contributed by atoms with Crippen molar-refractivity contribution in [3.05, 3.63) is 101 Å². The Kier molecular flexibility index (Phi) is 6.90. The molecule has 1 heterocycles. The fourth-order valence-electron chi connectivity index (χ4n) is 6.14. The predicted molar refractivity (Wildman–Crippen MR) is 145 cm³/mol. The van der Waals surface area contributed by atoms with Gasteiger partial charge in [0.25, 0.3) is 0 Å². The first-order chi connectivity index (χ1) is 17.4. The van der Waals surface area contributed by atoms with E-state index in [9.17, 15) is 10.1 Å². The van der Waals surface area contributed by atoms with Gasteiger partial charge in [-0.25, -0.2) is 0 Å². The summed E-state index contributed by atoms with van der Waals surface area (Å²) in [6, 6.07) is 24.6. The molecule has 1 fully saturated rings. The van der Waals surface area contributed by atoms with Crippen LogP contribution in [0.3, 0.4) is 0 Å². The first-order valence-corrected chi connectivity index (χ1v) is 13.0. The Morgan fingerprint density at radius 3 is 2.14 bits per heavy atom. The number of carbonyl (C=O) groups is 1. The van der Waals surface area contributed by atoms with Gasteiger partial charge in [0, 0.05) is 17.0 Å². The number of Topliss-reactive ketones (excluding diaryl/α,β-unsaturated/α-hetero) is 1. The van der Waals surface area contributed by atoms with Crippen molar-refractivity contribution in [3.63, 3.8) is 0 Å². The largest absolute Gasteiger partial charge is 0.376 e.